The summed E-state index contributed by atoms with van der Waals surface area (Å²) in [6.45, 7) is 11.3. The number of fused-ring (bicyclic) bond motifs is 5. The van der Waals surface area contributed by atoms with E-state index >= 15 is 0 Å². The molecule has 8 atom stereocenters. The van der Waals surface area contributed by atoms with Crippen LogP contribution in [-0.2, 0) is 0 Å². The Morgan fingerprint density at radius 1 is 1.06 bits per heavy atom. The Balaban J connectivity index is 1.36. The fraction of sp³-hybridized carbons (Fsp3) is 0.931. The van der Waals surface area contributed by atoms with Gasteiger partial charge < -0.3 is 10.2 Å². The van der Waals surface area contributed by atoms with Gasteiger partial charge in [0, 0.05) is 0 Å². The van der Waals surface area contributed by atoms with Gasteiger partial charge in [0.1, 0.15) is 0 Å². The Morgan fingerprint density at radius 2 is 1.84 bits per heavy atom. The van der Waals surface area contributed by atoms with Crippen molar-refractivity contribution in [1.29, 1.82) is 0 Å². The Bertz CT molecular complexity index is 660. The summed E-state index contributed by atoms with van der Waals surface area (Å²) in [5, 5.41) is 21.2. The first kappa shape index (κ1) is 23.8. The molecule has 3 saturated carbocycles. The highest BCUT2D eigenvalue weighted by Crippen LogP contribution is 2.64. The maximum absolute atomic E-state index is 10.9. The van der Waals surface area contributed by atoms with Crippen molar-refractivity contribution >= 4 is 0 Å². The zero-order valence-corrected chi connectivity index (χ0v) is 21.1. The molecular formula is C29H50O2. The van der Waals surface area contributed by atoms with Gasteiger partial charge in [0.25, 0.3) is 0 Å². The largest absolute Gasteiger partial charge is 0.393 e. The van der Waals surface area contributed by atoms with Gasteiger partial charge in [0.05, 0.1) is 11.7 Å². The summed E-state index contributed by atoms with van der Waals surface area (Å²) in [7, 11) is 0. The highest BCUT2D eigenvalue weighted by Gasteiger charge is 2.55. The zero-order valence-electron chi connectivity index (χ0n) is 21.1. The molecule has 2 heteroatoms. The zero-order chi connectivity index (χ0) is 22.4. The molecule has 0 spiro atoms. The molecule has 0 unspecified atom stereocenters. The molecule has 178 valence electrons. The molecule has 0 aliphatic heterocycles. The Hall–Kier alpha value is -0.340. The number of hydrogen-bond donors (Lipinski definition) is 2. The molecule has 4 rings (SSSR count). The Kier molecular flexibility index (Phi) is 6.75. The van der Waals surface area contributed by atoms with E-state index in [0.29, 0.717) is 5.41 Å². The molecule has 0 amide bonds. The van der Waals surface area contributed by atoms with Crippen LogP contribution in [0.4, 0.5) is 0 Å². The molecule has 0 radical (unpaired) electrons. The van der Waals surface area contributed by atoms with E-state index in [1.54, 1.807) is 5.57 Å². The average molecular weight is 431 g/mol. The van der Waals surface area contributed by atoms with Crippen LogP contribution in [0.3, 0.4) is 0 Å². The lowest BCUT2D eigenvalue weighted by Crippen LogP contribution is -2.47. The molecule has 3 fully saturated rings. The van der Waals surface area contributed by atoms with Gasteiger partial charge in [-0.25, -0.2) is 0 Å². The fourth-order valence-electron chi connectivity index (χ4n) is 8.41. The second-order valence-corrected chi connectivity index (χ2v) is 13.3. The summed E-state index contributed by atoms with van der Waals surface area (Å²) in [6.07, 6.45) is 18.3. The molecule has 2 nitrogen and oxygen atoms in total. The standard InChI is InChI=1S/C29H50O2/c1-6-29(31)18-16-22-20(19-29)11-13-24-23(22)15-17-28(5)21(12-14-25(24)28)9-7-8-10-26(30)27(2,3)4/h11,21-26,30-31H,6-10,12-19H2,1-5H3/t21-,22-,23+,24+,25-,26+,28+,29-/m0/s1. The third-order valence-electron chi connectivity index (χ3n) is 10.7. The molecule has 31 heavy (non-hydrogen) atoms. The van der Waals surface area contributed by atoms with Crippen molar-refractivity contribution in [2.45, 2.75) is 130 Å². The Labute approximate surface area is 192 Å². The van der Waals surface area contributed by atoms with Crippen LogP contribution in [0.1, 0.15) is 118 Å². The van der Waals surface area contributed by atoms with Crippen LogP contribution in [0.15, 0.2) is 11.6 Å². The number of rotatable bonds is 6. The summed E-state index contributed by atoms with van der Waals surface area (Å²) in [5.41, 5.74) is 1.76. The van der Waals surface area contributed by atoms with Crippen molar-refractivity contribution < 1.29 is 10.2 Å². The molecule has 2 N–H and O–H groups in total. The number of allylic oxidation sites excluding steroid dienone is 1. The van der Waals surface area contributed by atoms with E-state index in [4.69, 9.17) is 0 Å². The van der Waals surface area contributed by atoms with Crippen molar-refractivity contribution in [2.24, 2.45) is 40.4 Å². The van der Waals surface area contributed by atoms with Crippen LogP contribution in [0.25, 0.3) is 0 Å². The number of unbranched alkanes of at least 4 members (excludes halogenated alkanes) is 1. The summed E-state index contributed by atoms with van der Waals surface area (Å²) in [5.74, 6) is 4.37. The highest BCUT2D eigenvalue weighted by atomic mass is 16.3. The molecule has 0 aromatic carbocycles. The summed E-state index contributed by atoms with van der Waals surface area (Å²) >= 11 is 0. The first-order chi connectivity index (χ1) is 14.6. The van der Waals surface area contributed by atoms with Gasteiger partial charge in [0.15, 0.2) is 0 Å². The molecule has 0 aromatic heterocycles. The van der Waals surface area contributed by atoms with Gasteiger partial charge in [-0.05, 0) is 111 Å². The predicted octanol–water partition coefficient (Wildman–Crippen LogP) is 7.28. The predicted molar refractivity (Wildman–Crippen MR) is 130 cm³/mol. The quantitative estimate of drug-likeness (QED) is 0.343. The first-order valence-electron chi connectivity index (χ1n) is 13.7. The lowest BCUT2D eigenvalue weighted by atomic mass is 9.51. The molecule has 0 aromatic rings. The van der Waals surface area contributed by atoms with E-state index in [1.165, 1.54) is 57.8 Å². The summed E-state index contributed by atoms with van der Waals surface area (Å²) in [4.78, 5) is 0. The van der Waals surface area contributed by atoms with Crippen LogP contribution in [0.5, 0.6) is 0 Å². The second kappa shape index (κ2) is 8.79. The van der Waals surface area contributed by atoms with Crippen molar-refractivity contribution in [1.82, 2.24) is 0 Å². The third-order valence-corrected chi connectivity index (χ3v) is 10.7. The van der Waals surface area contributed by atoms with Crippen LogP contribution < -0.4 is 0 Å². The van der Waals surface area contributed by atoms with Crippen LogP contribution in [0.2, 0.25) is 0 Å². The van der Waals surface area contributed by atoms with E-state index in [2.05, 4.69) is 40.7 Å². The van der Waals surface area contributed by atoms with Crippen LogP contribution in [0, 0.1) is 40.4 Å². The molecule has 0 bridgehead atoms. The fourth-order valence-corrected chi connectivity index (χ4v) is 8.41. The minimum Gasteiger partial charge on any atom is -0.393 e. The van der Waals surface area contributed by atoms with Gasteiger partial charge in [-0.15, -0.1) is 0 Å². The van der Waals surface area contributed by atoms with Crippen LogP contribution in [-0.4, -0.2) is 21.9 Å². The van der Waals surface area contributed by atoms with E-state index < -0.39 is 5.60 Å². The minimum atomic E-state index is -0.419. The van der Waals surface area contributed by atoms with E-state index in [9.17, 15) is 10.2 Å². The lowest BCUT2D eigenvalue weighted by molar-refractivity contribution is -0.0408. The number of aliphatic hydroxyl groups excluding tert-OH is 1. The van der Waals surface area contributed by atoms with E-state index in [1.807, 2.05) is 0 Å². The third kappa shape index (κ3) is 4.54. The first-order valence-corrected chi connectivity index (χ1v) is 13.7. The van der Waals surface area contributed by atoms with E-state index in [0.717, 1.165) is 55.3 Å². The smallest absolute Gasteiger partial charge is 0.0682 e. The van der Waals surface area contributed by atoms with Gasteiger partial charge >= 0.3 is 0 Å². The topological polar surface area (TPSA) is 40.5 Å². The maximum atomic E-state index is 10.9. The molecule has 4 aliphatic rings. The van der Waals surface area contributed by atoms with Gasteiger partial charge in [-0.1, -0.05) is 59.1 Å². The SMILES string of the molecule is CC[C@]1(O)CC[C@H]2C(=CC[C@@H]3[C@@H]2CC[C@]2(C)[C@@H](CCCC[C@@H](O)C(C)(C)C)CC[C@@H]32)C1. The highest BCUT2D eigenvalue weighted by molar-refractivity contribution is 5.21. The van der Waals surface area contributed by atoms with Crippen molar-refractivity contribution in [3.8, 4) is 0 Å². The minimum absolute atomic E-state index is 0.0160. The maximum Gasteiger partial charge on any atom is 0.0682 e. The van der Waals surface area contributed by atoms with Crippen LogP contribution >= 0.6 is 0 Å². The number of hydrogen-bond acceptors (Lipinski definition) is 2. The average Bonchev–Trinajstić information content (AvgIpc) is 3.06. The van der Waals surface area contributed by atoms with E-state index in [-0.39, 0.29) is 11.5 Å². The molecular weight excluding hydrogens is 380 g/mol. The molecule has 4 aliphatic carbocycles. The molecule has 0 heterocycles. The van der Waals surface area contributed by atoms with Gasteiger partial charge in [-0.2, -0.15) is 0 Å². The monoisotopic (exact) mass is 430 g/mol. The second-order valence-electron chi connectivity index (χ2n) is 13.3. The van der Waals surface area contributed by atoms with Gasteiger partial charge in [0.2, 0.25) is 0 Å². The normalized spacial score (nSPS) is 43.6. The lowest BCUT2D eigenvalue weighted by Gasteiger charge is -2.54. The van der Waals surface area contributed by atoms with Crippen molar-refractivity contribution in [3.63, 3.8) is 0 Å². The van der Waals surface area contributed by atoms with Crippen molar-refractivity contribution in [3.05, 3.63) is 11.6 Å². The molecule has 0 saturated heterocycles. The summed E-state index contributed by atoms with van der Waals surface area (Å²) < 4.78 is 0. The number of aliphatic hydroxyl groups is 2. The van der Waals surface area contributed by atoms with Gasteiger partial charge in [-0.3, -0.25) is 0 Å². The Morgan fingerprint density at radius 3 is 2.55 bits per heavy atom. The van der Waals surface area contributed by atoms with Crippen molar-refractivity contribution in [2.75, 3.05) is 0 Å². The summed E-state index contributed by atoms with van der Waals surface area (Å²) in [6, 6.07) is 0.